The number of benzene rings is 1. The number of carbonyl (C=O) groups excluding carboxylic acids is 1. The van der Waals surface area contributed by atoms with Gasteiger partial charge in [-0.1, -0.05) is 13.8 Å². The Balaban J connectivity index is 1.88. The van der Waals surface area contributed by atoms with Crippen molar-refractivity contribution in [3.05, 3.63) is 40.7 Å². The molecule has 0 fully saturated rings. The lowest BCUT2D eigenvalue weighted by Gasteiger charge is -2.28. The fraction of sp³-hybridized carbons (Fsp3) is 0.389. The quantitative estimate of drug-likeness (QED) is 0.791. The van der Waals surface area contributed by atoms with Crippen LogP contribution in [0.25, 0.3) is 0 Å². The first-order valence-corrected chi connectivity index (χ1v) is 8.28. The lowest BCUT2D eigenvalue weighted by atomic mass is 9.97. The number of rotatable bonds is 3. The van der Waals surface area contributed by atoms with Gasteiger partial charge in [-0.3, -0.25) is 4.79 Å². The molecule has 3 N–H and O–H groups in total. The van der Waals surface area contributed by atoms with E-state index in [0.29, 0.717) is 31.0 Å². The van der Waals surface area contributed by atoms with Crippen LogP contribution in [0.5, 0.6) is 11.5 Å². The summed E-state index contributed by atoms with van der Waals surface area (Å²) in [5.41, 5.74) is 2.68. The van der Waals surface area contributed by atoms with Crippen LogP contribution in [0.15, 0.2) is 18.3 Å². The highest BCUT2D eigenvalue weighted by atomic mass is 16.3. The van der Waals surface area contributed by atoms with Gasteiger partial charge in [-0.15, -0.1) is 0 Å². The highest BCUT2D eigenvalue weighted by Gasteiger charge is 2.26. The molecule has 2 heterocycles. The molecule has 0 radical (unpaired) electrons. The number of aromatic hydroxyl groups is 2. The topological polar surface area (TPSA) is 98.6 Å². The first-order valence-electron chi connectivity index (χ1n) is 8.28. The number of amides is 1. The van der Waals surface area contributed by atoms with Gasteiger partial charge in [-0.05, 0) is 17.5 Å². The molecule has 7 nitrogen and oxygen atoms in total. The SMILES string of the molecule is CNc1ncc2c(n1)CCN(C(=O)c1cc(C(C)C)c(O)cc1O)C2. The largest absolute Gasteiger partial charge is 0.508 e. The van der Waals surface area contributed by atoms with Gasteiger partial charge in [-0.25, -0.2) is 9.97 Å². The second kappa shape index (κ2) is 6.58. The molecule has 1 amide bonds. The summed E-state index contributed by atoms with van der Waals surface area (Å²) in [5, 5.41) is 23.0. The van der Waals surface area contributed by atoms with E-state index in [4.69, 9.17) is 0 Å². The summed E-state index contributed by atoms with van der Waals surface area (Å²) in [7, 11) is 1.76. The molecule has 0 saturated carbocycles. The average Bonchev–Trinajstić information content (AvgIpc) is 2.60. The molecule has 2 aromatic rings. The van der Waals surface area contributed by atoms with Crippen molar-refractivity contribution < 1.29 is 15.0 Å². The highest BCUT2D eigenvalue weighted by molar-refractivity contribution is 5.97. The van der Waals surface area contributed by atoms with E-state index in [0.717, 1.165) is 11.3 Å². The van der Waals surface area contributed by atoms with Crippen LogP contribution in [0.3, 0.4) is 0 Å². The summed E-state index contributed by atoms with van der Waals surface area (Å²) in [4.78, 5) is 23.2. The molecule has 0 aliphatic carbocycles. The van der Waals surface area contributed by atoms with Gasteiger partial charge < -0.3 is 20.4 Å². The third-order valence-corrected chi connectivity index (χ3v) is 4.44. The number of carbonyl (C=O) groups is 1. The molecule has 1 aliphatic rings. The van der Waals surface area contributed by atoms with Crippen molar-refractivity contribution in [2.45, 2.75) is 32.7 Å². The number of fused-ring (bicyclic) bond motifs is 1. The summed E-state index contributed by atoms with van der Waals surface area (Å²) in [6.07, 6.45) is 2.36. The van der Waals surface area contributed by atoms with Gasteiger partial charge in [-0.2, -0.15) is 0 Å². The minimum atomic E-state index is -0.261. The Kier molecular flexibility index (Phi) is 4.48. The van der Waals surface area contributed by atoms with Crippen molar-refractivity contribution in [2.24, 2.45) is 0 Å². The summed E-state index contributed by atoms with van der Waals surface area (Å²) in [5.74, 6) is 0.141. The van der Waals surface area contributed by atoms with Gasteiger partial charge in [0.25, 0.3) is 5.91 Å². The van der Waals surface area contributed by atoms with Gasteiger partial charge in [0, 0.05) is 44.4 Å². The number of hydrogen-bond donors (Lipinski definition) is 3. The molecule has 3 rings (SSSR count). The Morgan fingerprint density at radius 1 is 1.28 bits per heavy atom. The first-order chi connectivity index (χ1) is 11.9. The maximum absolute atomic E-state index is 12.9. The molecule has 132 valence electrons. The minimum absolute atomic E-state index is 0.000958. The van der Waals surface area contributed by atoms with E-state index in [1.165, 1.54) is 6.07 Å². The third-order valence-electron chi connectivity index (χ3n) is 4.44. The van der Waals surface area contributed by atoms with E-state index >= 15 is 0 Å². The van der Waals surface area contributed by atoms with Crippen molar-refractivity contribution >= 4 is 11.9 Å². The average molecular weight is 342 g/mol. The Labute approximate surface area is 146 Å². The molecule has 0 spiro atoms. The standard InChI is InChI=1S/C18H22N4O3/c1-10(2)12-6-13(16(24)7-15(12)23)17(25)22-5-4-14-11(9-22)8-20-18(19-3)21-14/h6-8,10,23-24H,4-5,9H2,1-3H3,(H,19,20,21). The van der Waals surface area contributed by atoms with Crippen molar-refractivity contribution in [2.75, 3.05) is 18.9 Å². The predicted octanol–water partition coefficient (Wildman–Crippen LogP) is 2.25. The lowest BCUT2D eigenvalue weighted by molar-refractivity contribution is 0.0730. The van der Waals surface area contributed by atoms with Gasteiger partial charge in [0.1, 0.15) is 11.5 Å². The molecule has 0 saturated heterocycles. The van der Waals surface area contributed by atoms with Gasteiger partial charge >= 0.3 is 0 Å². The number of phenols is 2. The van der Waals surface area contributed by atoms with Crippen LogP contribution in [0.4, 0.5) is 5.95 Å². The van der Waals surface area contributed by atoms with Crippen LogP contribution in [-0.2, 0) is 13.0 Å². The molecular weight excluding hydrogens is 320 g/mol. The Bertz CT molecular complexity index is 820. The summed E-state index contributed by atoms with van der Waals surface area (Å²) < 4.78 is 0. The maximum atomic E-state index is 12.9. The molecular formula is C18H22N4O3. The smallest absolute Gasteiger partial charge is 0.257 e. The van der Waals surface area contributed by atoms with Crippen LogP contribution in [-0.4, -0.2) is 44.6 Å². The molecule has 0 unspecified atom stereocenters. The van der Waals surface area contributed by atoms with E-state index in [1.54, 1.807) is 24.2 Å². The fourth-order valence-electron chi connectivity index (χ4n) is 3.01. The number of nitrogens with one attached hydrogen (secondary N) is 1. The van der Waals surface area contributed by atoms with Crippen molar-refractivity contribution in [3.8, 4) is 11.5 Å². The number of nitrogens with zero attached hydrogens (tertiary/aromatic N) is 3. The zero-order valence-electron chi connectivity index (χ0n) is 14.6. The first kappa shape index (κ1) is 17.0. The molecule has 0 bridgehead atoms. The molecule has 1 aromatic carbocycles. The van der Waals surface area contributed by atoms with Crippen LogP contribution >= 0.6 is 0 Å². The van der Waals surface area contributed by atoms with Crippen LogP contribution in [0, 0.1) is 0 Å². The van der Waals surface area contributed by atoms with Crippen LogP contribution in [0.2, 0.25) is 0 Å². The second-order valence-electron chi connectivity index (χ2n) is 6.48. The summed E-state index contributed by atoms with van der Waals surface area (Å²) in [6.45, 7) is 4.77. The number of anilines is 1. The molecule has 25 heavy (non-hydrogen) atoms. The second-order valence-corrected chi connectivity index (χ2v) is 6.48. The summed E-state index contributed by atoms with van der Waals surface area (Å²) in [6, 6.07) is 2.82. The van der Waals surface area contributed by atoms with Crippen molar-refractivity contribution in [1.82, 2.24) is 14.9 Å². The predicted molar refractivity (Wildman–Crippen MR) is 93.9 cm³/mol. The highest BCUT2D eigenvalue weighted by Crippen LogP contribution is 2.33. The van der Waals surface area contributed by atoms with E-state index in [2.05, 4.69) is 15.3 Å². The number of aromatic nitrogens is 2. The molecule has 1 aromatic heterocycles. The summed E-state index contributed by atoms with van der Waals surface area (Å²) >= 11 is 0. The number of phenolic OH excluding ortho intramolecular Hbond substituents is 2. The molecule has 0 atom stereocenters. The zero-order valence-corrected chi connectivity index (χ0v) is 14.6. The van der Waals surface area contributed by atoms with Crippen molar-refractivity contribution in [3.63, 3.8) is 0 Å². The van der Waals surface area contributed by atoms with E-state index in [9.17, 15) is 15.0 Å². The molecule has 7 heteroatoms. The zero-order chi connectivity index (χ0) is 18.1. The van der Waals surface area contributed by atoms with E-state index in [1.807, 2.05) is 13.8 Å². The Morgan fingerprint density at radius 2 is 2.04 bits per heavy atom. The minimum Gasteiger partial charge on any atom is -0.508 e. The Morgan fingerprint density at radius 3 is 2.72 bits per heavy atom. The van der Waals surface area contributed by atoms with E-state index < -0.39 is 0 Å². The molecule has 1 aliphatic heterocycles. The lowest BCUT2D eigenvalue weighted by Crippen LogP contribution is -2.36. The number of hydrogen-bond acceptors (Lipinski definition) is 6. The van der Waals surface area contributed by atoms with Crippen molar-refractivity contribution in [1.29, 1.82) is 0 Å². The van der Waals surface area contributed by atoms with E-state index in [-0.39, 0.29) is 28.9 Å². The normalized spacial score (nSPS) is 13.7. The monoisotopic (exact) mass is 342 g/mol. The Hall–Kier alpha value is -2.83. The van der Waals surface area contributed by atoms with Gasteiger partial charge in [0.2, 0.25) is 5.95 Å². The van der Waals surface area contributed by atoms with Gasteiger partial charge in [0.05, 0.1) is 11.3 Å². The van der Waals surface area contributed by atoms with Gasteiger partial charge in [0.15, 0.2) is 0 Å². The van der Waals surface area contributed by atoms with Crippen LogP contribution in [0.1, 0.15) is 46.9 Å². The third kappa shape index (κ3) is 3.22. The van der Waals surface area contributed by atoms with Crippen LogP contribution < -0.4 is 5.32 Å². The fourth-order valence-corrected chi connectivity index (χ4v) is 3.01. The maximum Gasteiger partial charge on any atom is 0.257 e.